The minimum absolute atomic E-state index is 0.114. The number of rotatable bonds is 6. The average molecular weight is 354 g/mol. The summed E-state index contributed by atoms with van der Waals surface area (Å²) in [6, 6.07) is 14.3. The molecule has 1 amide bonds. The molecule has 25 heavy (non-hydrogen) atoms. The molecule has 0 saturated heterocycles. The minimum Gasteiger partial charge on any atom is -0.483 e. The second kappa shape index (κ2) is 7.68. The topological polar surface area (TPSA) is 56.1 Å². The van der Waals surface area contributed by atoms with Crippen molar-refractivity contribution in [3.8, 4) is 5.75 Å². The molecule has 0 aliphatic carbocycles. The lowest BCUT2D eigenvalue weighted by Crippen LogP contribution is -2.20. The number of ether oxygens (including phenoxy) is 1. The highest BCUT2D eigenvalue weighted by Gasteiger charge is 2.10. The predicted molar refractivity (Wildman–Crippen MR) is 98.7 cm³/mol. The maximum Gasteiger partial charge on any atom is 0.262 e. The van der Waals surface area contributed by atoms with Crippen molar-refractivity contribution in [2.24, 2.45) is 0 Å². The molecule has 1 aromatic heterocycles. The molecular weight excluding hydrogens is 338 g/mol. The Bertz CT molecular complexity index is 874. The van der Waals surface area contributed by atoms with E-state index in [0.29, 0.717) is 22.2 Å². The predicted octanol–water partition coefficient (Wildman–Crippen LogP) is 4.07. The van der Waals surface area contributed by atoms with Crippen LogP contribution in [0.4, 0.5) is 5.69 Å². The van der Waals surface area contributed by atoms with E-state index in [1.165, 1.54) is 0 Å². The fraction of sp³-hybridized carbons (Fsp3) is 0.0526. The van der Waals surface area contributed by atoms with Crippen LogP contribution in [0.1, 0.15) is 5.56 Å². The number of carbonyl (C=O) groups is 1. The molecule has 126 valence electrons. The number of halogens is 1. The number of nitrogens with zero attached hydrogens (tertiary/aromatic N) is 2. The van der Waals surface area contributed by atoms with Crippen LogP contribution in [-0.2, 0) is 4.79 Å². The number of anilines is 1. The molecule has 0 unspecified atom stereocenters. The standard InChI is InChI=1S/C19H16ClN3O2/c1-14(23-11-10-21-13-23)17-4-2-3-5-18(17)25-12-19(24)22-16-8-6-15(20)7-9-16/h2-11,13H,1,12H2,(H,22,24). The Kier molecular flexibility index (Phi) is 5.16. The van der Waals surface area contributed by atoms with Gasteiger partial charge in [-0.2, -0.15) is 0 Å². The van der Waals surface area contributed by atoms with Crippen molar-refractivity contribution in [1.29, 1.82) is 0 Å². The molecule has 0 saturated carbocycles. The molecule has 3 aromatic rings. The van der Waals surface area contributed by atoms with Gasteiger partial charge in [0.25, 0.3) is 5.91 Å². The summed E-state index contributed by atoms with van der Waals surface area (Å²) in [6.07, 6.45) is 5.13. The van der Waals surface area contributed by atoms with E-state index in [0.717, 1.165) is 5.56 Å². The van der Waals surface area contributed by atoms with Gasteiger partial charge in [-0.25, -0.2) is 4.98 Å². The van der Waals surface area contributed by atoms with Crippen molar-refractivity contribution >= 4 is 28.9 Å². The Hall–Kier alpha value is -3.05. The highest BCUT2D eigenvalue weighted by Crippen LogP contribution is 2.26. The fourth-order valence-corrected chi connectivity index (χ4v) is 2.39. The van der Waals surface area contributed by atoms with Gasteiger partial charge < -0.3 is 14.6 Å². The van der Waals surface area contributed by atoms with E-state index < -0.39 is 0 Å². The average Bonchev–Trinajstić information content (AvgIpc) is 3.16. The second-order valence-corrected chi connectivity index (χ2v) is 5.69. The smallest absolute Gasteiger partial charge is 0.262 e. The number of imidazole rings is 1. The molecule has 1 heterocycles. The number of aromatic nitrogens is 2. The van der Waals surface area contributed by atoms with Gasteiger partial charge in [0, 0.05) is 28.7 Å². The van der Waals surface area contributed by atoms with Gasteiger partial charge in [0.05, 0.1) is 12.0 Å². The van der Waals surface area contributed by atoms with Crippen LogP contribution in [0.15, 0.2) is 73.8 Å². The quantitative estimate of drug-likeness (QED) is 0.726. The number of hydrogen-bond acceptors (Lipinski definition) is 3. The zero-order chi connectivity index (χ0) is 17.6. The molecule has 0 aliphatic heterocycles. The summed E-state index contributed by atoms with van der Waals surface area (Å²) in [5.74, 6) is 0.317. The molecule has 1 N–H and O–H groups in total. The van der Waals surface area contributed by atoms with Crippen molar-refractivity contribution in [3.05, 3.63) is 84.4 Å². The largest absolute Gasteiger partial charge is 0.483 e. The molecule has 0 atom stereocenters. The summed E-state index contributed by atoms with van der Waals surface area (Å²) < 4.78 is 7.47. The monoisotopic (exact) mass is 353 g/mol. The normalized spacial score (nSPS) is 10.3. The van der Waals surface area contributed by atoms with Crippen LogP contribution in [0.2, 0.25) is 5.02 Å². The number of para-hydroxylation sites is 1. The zero-order valence-corrected chi connectivity index (χ0v) is 14.1. The van der Waals surface area contributed by atoms with Gasteiger partial charge in [0.15, 0.2) is 6.61 Å². The molecule has 2 aromatic carbocycles. The van der Waals surface area contributed by atoms with Crippen molar-refractivity contribution < 1.29 is 9.53 Å². The summed E-state index contributed by atoms with van der Waals surface area (Å²) in [6.45, 7) is 3.95. The van der Waals surface area contributed by atoms with Crippen molar-refractivity contribution in [3.63, 3.8) is 0 Å². The van der Waals surface area contributed by atoms with Crippen LogP contribution < -0.4 is 10.1 Å². The summed E-state index contributed by atoms with van der Waals surface area (Å²) in [7, 11) is 0. The number of nitrogens with one attached hydrogen (secondary N) is 1. The molecule has 6 heteroatoms. The highest BCUT2D eigenvalue weighted by atomic mass is 35.5. The first-order valence-corrected chi connectivity index (χ1v) is 7.96. The van der Waals surface area contributed by atoms with Crippen LogP contribution in [0.25, 0.3) is 5.70 Å². The molecule has 0 bridgehead atoms. The first-order valence-electron chi connectivity index (χ1n) is 7.58. The van der Waals surface area contributed by atoms with Gasteiger partial charge in [-0.1, -0.05) is 30.3 Å². The van der Waals surface area contributed by atoms with Gasteiger partial charge in [0.1, 0.15) is 5.75 Å². The SMILES string of the molecule is C=C(c1ccccc1OCC(=O)Nc1ccc(Cl)cc1)n1ccnc1. The van der Waals surface area contributed by atoms with Crippen LogP contribution in [0, 0.1) is 0 Å². The van der Waals surface area contributed by atoms with Crippen molar-refractivity contribution in [2.45, 2.75) is 0 Å². The van der Waals surface area contributed by atoms with E-state index in [4.69, 9.17) is 16.3 Å². The lowest BCUT2D eigenvalue weighted by molar-refractivity contribution is -0.118. The van der Waals surface area contributed by atoms with Crippen LogP contribution in [-0.4, -0.2) is 22.1 Å². The molecule has 0 aliphatic rings. The summed E-state index contributed by atoms with van der Waals surface area (Å²) in [4.78, 5) is 16.1. The third-order valence-corrected chi connectivity index (χ3v) is 3.75. The number of hydrogen-bond donors (Lipinski definition) is 1. The summed E-state index contributed by atoms with van der Waals surface area (Å²) in [5, 5.41) is 3.37. The van der Waals surface area contributed by atoms with E-state index in [9.17, 15) is 4.79 Å². The van der Waals surface area contributed by atoms with Crippen LogP contribution in [0.3, 0.4) is 0 Å². The maximum absolute atomic E-state index is 12.1. The molecule has 3 rings (SSSR count). The Morgan fingerprint density at radius 2 is 1.96 bits per heavy atom. The third kappa shape index (κ3) is 4.28. The van der Waals surface area contributed by atoms with Gasteiger partial charge in [-0.15, -0.1) is 0 Å². The lowest BCUT2D eigenvalue weighted by Gasteiger charge is -2.13. The molecule has 0 spiro atoms. The van der Waals surface area contributed by atoms with Gasteiger partial charge in [0.2, 0.25) is 0 Å². The Morgan fingerprint density at radius 1 is 1.20 bits per heavy atom. The lowest BCUT2D eigenvalue weighted by atomic mass is 10.1. The first-order chi connectivity index (χ1) is 12.1. The number of benzene rings is 2. The Morgan fingerprint density at radius 3 is 2.68 bits per heavy atom. The molecule has 0 fully saturated rings. The van der Waals surface area contributed by atoms with Crippen LogP contribution in [0.5, 0.6) is 5.75 Å². The van der Waals surface area contributed by atoms with Crippen molar-refractivity contribution in [2.75, 3.05) is 11.9 Å². The van der Waals surface area contributed by atoms with E-state index >= 15 is 0 Å². The summed E-state index contributed by atoms with van der Waals surface area (Å²) in [5.41, 5.74) is 2.17. The Labute approximate surface area is 150 Å². The highest BCUT2D eigenvalue weighted by molar-refractivity contribution is 6.30. The summed E-state index contributed by atoms with van der Waals surface area (Å²) >= 11 is 5.83. The van der Waals surface area contributed by atoms with Gasteiger partial charge >= 0.3 is 0 Å². The maximum atomic E-state index is 12.1. The number of carbonyl (C=O) groups excluding carboxylic acids is 1. The van der Waals surface area contributed by atoms with Gasteiger partial charge in [-0.3, -0.25) is 4.79 Å². The zero-order valence-electron chi connectivity index (χ0n) is 13.4. The minimum atomic E-state index is -0.259. The van der Waals surface area contributed by atoms with E-state index in [1.807, 2.05) is 18.2 Å². The fourth-order valence-electron chi connectivity index (χ4n) is 2.26. The van der Waals surface area contributed by atoms with E-state index in [1.54, 1.807) is 53.6 Å². The Balaban J connectivity index is 1.66. The molecular formula is C19H16ClN3O2. The molecule has 0 radical (unpaired) electrons. The van der Waals surface area contributed by atoms with Crippen LogP contribution >= 0.6 is 11.6 Å². The molecule has 5 nitrogen and oxygen atoms in total. The third-order valence-electron chi connectivity index (χ3n) is 3.50. The van der Waals surface area contributed by atoms with E-state index in [-0.39, 0.29) is 12.5 Å². The number of amides is 1. The second-order valence-electron chi connectivity index (χ2n) is 5.26. The van der Waals surface area contributed by atoms with Crippen molar-refractivity contribution in [1.82, 2.24) is 9.55 Å². The van der Waals surface area contributed by atoms with E-state index in [2.05, 4.69) is 16.9 Å². The van der Waals surface area contributed by atoms with Gasteiger partial charge in [-0.05, 0) is 36.4 Å². The first kappa shape index (κ1) is 16.8.